The average molecular weight is 402 g/mol. The molecule has 0 aromatic carbocycles. The molecular weight excluding hydrogens is 381 g/mol. The summed E-state index contributed by atoms with van der Waals surface area (Å²) in [5.74, 6) is -0.854. The van der Waals surface area contributed by atoms with E-state index in [1.54, 1.807) is 24.1 Å². The van der Waals surface area contributed by atoms with Crippen LogP contribution in [-0.4, -0.2) is 46.1 Å². The van der Waals surface area contributed by atoms with E-state index >= 15 is 0 Å². The van der Waals surface area contributed by atoms with Crippen LogP contribution in [0.4, 0.5) is 18.0 Å². The lowest BCUT2D eigenvalue weighted by molar-refractivity contribution is -0.159. The van der Waals surface area contributed by atoms with Gasteiger partial charge in [0.25, 0.3) is 0 Å². The van der Waals surface area contributed by atoms with E-state index in [1.807, 2.05) is 11.8 Å². The number of thiophene rings is 1. The predicted octanol–water partition coefficient (Wildman–Crippen LogP) is 4.49. The van der Waals surface area contributed by atoms with Gasteiger partial charge in [-0.05, 0) is 37.3 Å². The van der Waals surface area contributed by atoms with Crippen LogP contribution in [0, 0.1) is 5.92 Å². The highest BCUT2D eigenvalue weighted by molar-refractivity contribution is 7.15. The van der Waals surface area contributed by atoms with Crippen LogP contribution in [0.25, 0.3) is 10.7 Å². The van der Waals surface area contributed by atoms with Gasteiger partial charge in [-0.2, -0.15) is 18.2 Å². The number of carbonyl (C=O) groups excluding carboxylic acids is 1. The Hall–Kier alpha value is -2.10. The van der Waals surface area contributed by atoms with E-state index in [-0.39, 0.29) is 11.9 Å². The molecule has 1 saturated carbocycles. The Morgan fingerprint density at radius 2 is 2.11 bits per heavy atom. The predicted molar refractivity (Wildman–Crippen MR) is 94.1 cm³/mol. The van der Waals surface area contributed by atoms with Crippen LogP contribution in [0.5, 0.6) is 0 Å². The molecule has 2 aromatic heterocycles. The summed E-state index contributed by atoms with van der Waals surface area (Å²) in [6.45, 7) is 3.92. The van der Waals surface area contributed by atoms with E-state index in [9.17, 15) is 18.0 Å². The first-order valence-electron chi connectivity index (χ1n) is 8.78. The standard InChI is InChI=1S/C17H21F3N4O2S/c1-3-8-24(9-11-4-5-11)16(25)23(2)10-12-6-7-13(27-12)14-21-15(26-22-14)17(18,19)20/h6-7,11H,3-5,8-10H2,1-2H3. The third-order valence-electron chi connectivity index (χ3n) is 4.21. The third-order valence-corrected chi connectivity index (χ3v) is 5.28. The number of aromatic nitrogens is 2. The third kappa shape index (κ3) is 5.00. The van der Waals surface area contributed by atoms with Gasteiger partial charge in [-0.1, -0.05) is 12.1 Å². The van der Waals surface area contributed by atoms with Gasteiger partial charge in [0.1, 0.15) is 0 Å². The Bertz CT molecular complexity index is 785. The normalized spacial score (nSPS) is 14.4. The minimum absolute atomic E-state index is 0.0300. The van der Waals surface area contributed by atoms with Crippen molar-refractivity contribution in [2.45, 2.75) is 38.9 Å². The zero-order chi connectivity index (χ0) is 19.6. The van der Waals surface area contributed by atoms with Gasteiger partial charge >= 0.3 is 18.1 Å². The molecule has 2 amide bonds. The Kier molecular flexibility index (Phi) is 5.73. The Balaban J connectivity index is 1.64. The van der Waals surface area contributed by atoms with Crippen molar-refractivity contribution in [1.82, 2.24) is 19.9 Å². The van der Waals surface area contributed by atoms with E-state index in [4.69, 9.17) is 0 Å². The molecule has 1 fully saturated rings. The molecule has 1 aliphatic rings. The van der Waals surface area contributed by atoms with E-state index < -0.39 is 12.1 Å². The van der Waals surface area contributed by atoms with Gasteiger partial charge in [0.15, 0.2) is 0 Å². The summed E-state index contributed by atoms with van der Waals surface area (Å²) in [5, 5.41) is 3.39. The van der Waals surface area contributed by atoms with Crippen molar-refractivity contribution in [3.05, 3.63) is 22.9 Å². The highest BCUT2D eigenvalue weighted by Gasteiger charge is 2.38. The van der Waals surface area contributed by atoms with Crippen LogP contribution in [-0.2, 0) is 12.7 Å². The van der Waals surface area contributed by atoms with Gasteiger partial charge in [-0.25, -0.2) is 4.79 Å². The first-order valence-corrected chi connectivity index (χ1v) is 9.59. The molecule has 0 spiro atoms. The first kappa shape index (κ1) is 19.7. The zero-order valence-corrected chi connectivity index (χ0v) is 15.9. The summed E-state index contributed by atoms with van der Waals surface area (Å²) < 4.78 is 42.0. The van der Waals surface area contributed by atoms with Gasteiger partial charge in [-0.15, -0.1) is 11.3 Å². The maximum Gasteiger partial charge on any atom is 0.471 e. The minimum Gasteiger partial charge on any atom is -0.329 e. The lowest BCUT2D eigenvalue weighted by atomic mass is 10.3. The maximum absolute atomic E-state index is 12.7. The van der Waals surface area contributed by atoms with E-state index in [0.29, 0.717) is 17.3 Å². The average Bonchev–Trinajstić information content (AvgIpc) is 3.09. The fraction of sp³-hybridized carbons (Fsp3) is 0.588. The molecule has 6 nitrogen and oxygen atoms in total. The fourth-order valence-electron chi connectivity index (χ4n) is 2.71. The van der Waals surface area contributed by atoms with E-state index in [1.165, 1.54) is 24.2 Å². The van der Waals surface area contributed by atoms with Crippen LogP contribution >= 0.6 is 11.3 Å². The molecule has 0 saturated heterocycles. The summed E-state index contributed by atoms with van der Waals surface area (Å²) in [7, 11) is 1.73. The number of urea groups is 1. The summed E-state index contributed by atoms with van der Waals surface area (Å²) in [4.78, 5) is 20.9. The summed E-state index contributed by atoms with van der Waals surface area (Å²) in [5.41, 5.74) is 0. The largest absolute Gasteiger partial charge is 0.471 e. The van der Waals surface area contributed by atoms with E-state index in [0.717, 1.165) is 24.4 Å². The quantitative estimate of drug-likeness (QED) is 0.685. The fourth-order valence-corrected chi connectivity index (χ4v) is 3.70. The van der Waals surface area contributed by atoms with Gasteiger partial charge < -0.3 is 14.3 Å². The van der Waals surface area contributed by atoms with Gasteiger partial charge in [0.05, 0.1) is 11.4 Å². The number of halogens is 3. The number of amides is 2. The topological polar surface area (TPSA) is 62.5 Å². The van der Waals surface area contributed by atoms with Crippen molar-refractivity contribution >= 4 is 17.4 Å². The summed E-state index contributed by atoms with van der Waals surface area (Å²) >= 11 is 1.24. The van der Waals surface area contributed by atoms with Crippen molar-refractivity contribution in [2.24, 2.45) is 5.92 Å². The molecular formula is C17H21F3N4O2S. The molecule has 1 aliphatic carbocycles. The summed E-state index contributed by atoms with van der Waals surface area (Å²) in [6.07, 6.45) is -1.41. The first-order chi connectivity index (χ1) is 12.8. The monoisotopic (exact) mass is 402 g/mol. The number of nitrogens with zero attached hydrogens (tertiary/aromatic N) is 4. The van der Waals surface area contributed by atoms with Crippen LogP contribution in [0.2, 0.25) is 0 Å². The molecule has 0 atom stereocenters. The second-order valence-corrected chi connectivity index (χ2v) is 7.88. The molecule has 0 bridgehead atoms. The molecule has 10 heteroatoms. The van der Waals surface area contributed by atoms with Gasteiger partial charge in [0, 0.05) is 25.0 Å². The maximum atomic E-state index is 12.7. The lowest BCUT2D eigenvalue weighted by Crippen LogP contribution is -2.42. The van der Waals surface area contributed by atoms with Crippen molar-refractivity contribution in [2.75, 3.05) is 20.1 Å². The molecule has 27 heavy (non-hydrogen) atoms. The van der Waals surface area contributed by atoms with Crippen LogP contribution in [0.15, 0.2) is 16.7 Å². The summed E-state index contributed by atoms with van der Waals surface area (Å²) in [6, 6.07) is 3.37. The van der Waals surface area contributed by atoms with Crippen LogP contribution in [0.1, 0.15) is 37.0 Å². The minimum atomic E-state index is -4.66. The Morgan fingerprint density at radius 3 is 2.70 bits per heavy atom. The number of hydrogen-bond donors (Lipinski definition) is 0. The number of alkyl halides is 3. The molecule has 2 heterocycles. The van der Waals surface area contributed by atoms with Crippen LogP contribution in [0.3, 0.4) is 0 Å². The SMILES string of the molecule is CCCN(CC1CC1)C(=O)N(C)Cc1ccc(-c2noc(C(F)(F)F)n2)s1. The van der Waals surface area contributed by atoms with Crippen molar-refractivity contribution in [1.29, 1.82) is 0 Å². The number of rotatable bonds is 7. The molecule has 0 radical (unpaired) electrons. The molecule has 0 aliphatic heterocycles. The lowest BCUT2D eigenvalue weighted by Gasteiger charge is -2.27. The van der Waals surface area contributed by atoms with Crippen molar-refractivity contribution in [3.63, 3.8) is 0 Å². The smallest absolute Gasteiger partial charge is 0.329 e. The Morgan fingerprint density at radius 1 is 1.37 bits per heavy atom. The number of hydrogen-bond acceptors (Lipinski definition) is 5. The molecule has 2 aromatic rings. The second kappa shape index (κ2) is 7.87. The second-order valence-electron chi connectivity index (χ2n) is 6.71. The van der Waals surface area contributed by atoms with Crippen LogP contribution < -0.4 is 0 Å². The van der Waals surface area contributed by atoms with E-state index in [2.05, 4.69) is 14.7 Å². The molecule has 0 unspecified atom stereocenters. The molecule has 3 rings (SSSR count). The zero-order valence-electron chi connectivity index (χ0n) is 15.1. The Labute approximate surface area is 159 Å². The highest BCUT2D eigenvalue weighted by atomic mass is 32.1. The molecule has 0 N–H and O–H groups in total. The van der Waals surface area contributed by atoms with Gasteiger partial charge in [0.2, 0.25) is 5.82 Å². The van der Waals surface area contributed by atoms with Crippen molar-refractivity contribution in [3.8, 4) is 10.7 Å². The van der Waals surface area contributed by atoms with Crippen molar-refractivity contribution < 1.29 is 22.5 Å². The highest BCUT2D eigenvalue weighted by Crippen LogP contribution is 2.32. The molecule has 148 valence electrons. The number of carbonyl (C=O) groups is 1. The van der Waals surface area contributed by atoms with Gasteiger partial charge in [-0.3, -0.25) is 0 Å².